The topological polar surface area (TPSA) is 60.9 Å². The normalized spacial score (nSPS) is 11.5. The van der Waals surface area contributed by atoms with E-state index in [0.29, 0.717) is 0 Å². The number of fused-ring (bicyclic) bond motifs is 1. The average molecular weight is 338 g/mol. The van der Waals surface area contributed by atoms with Gasteiger partial charge in [-0.3, -0.25) is 0 Å². The minimum atomic E-state index is 0.830. The molecule has 0 saturated heterocycles. The van der Waals surface area contributed by atoms with E-state index in [-0.39, 0.29) is 0 Å². The fourth-order valence-corrected chi connectivity index (χ4v) is 3.82. The predicted molar refractivity (Wildman–Crippen MR) is 93.8 cm³/mol. The monoisotopic (exact) mass is 338 g/mol. The average Bonchev–Trinajstić information content (AvgIpc) is 3.23. The second-order valence-electron chi connectivity index (χ2n) is 5.83. The van der Waals surface area contributed by atoms with Crippen LogP contribution in [0.15, 0.2) is 30.3 Å². The van der Waals surface area contributed by atoms with Crippen molar-refractivity contribution in [1.29, 1.82) is 0 Å². The molecule has 3 heterocycles. The molecule has 4 aromatic rings. The number of aromatic nitrogens is 6. The molecule has 0 unspecified atom stereocenters. The first kappa shape index (κ1) is 15.0. The minimum absolute atomic E-state index is 0.830. The third-order valence-corrected chi connectivity index (χ3v) is 5.18. The number of benzene rings is 1. The van der Waals surface area contributed by atoms with Gasteiger partial charge in [0.2, 0.25) is 4.96 Å². The van der Waals surface area contributed by atoms with Crippen LogP contribution in [-0.2, 0) is 12.8 Å². The highest BCUT2D eigenvalue weighted by Crippen LogP contribution is 2.21. The molecule has 0 amide bonds. The summed E-state index contributed by atoms with van der Waals surface area (Å²) >= 11 is 1.60. The van der Waals surface area contributed by atoms with Gasteiger partial charge in [0.05, 0.1) is 11.4 Å². The Morgan fingerprint density at radius 2 is 1.75 bits per heavy atom. The Morgan fingerprint density at radius 3 is 2.50 bits per heavy atom. The van der Waals surface area contributed by atoms with Gasteiger partial charge in [-0.25, -0.2) is 4.68 Å². The summed E-state index contributed by atoms with van der Waals surface area (Å²) in [6.45, 7) is 6.12. The van der Waals surface area contributed by atoms with Crippen LogP contribution in [-0.4, -0.2) is 29.6 Å². The van der Waals surface area contributed by atoms with Gasteiger partial charge < -0.3 is 0 Å². The molecule has 0 saturated carbocycles. The van der Waals surface area contributed by atoms with Crippen molar-refractivity contribution in [3.8, 4) is 5.69 Å². The minimum Gasteiger partial charge on any atom is -0.238 e. The Labute approximate surface area is 143 Å². The lowest BCUT2D eigenvalue weighted by Crippen LogP contribution is -2.00. The molecule has 0 spiro atoms. The van der Waals surface area contributed by atoms with Crippen LogP contribution in [0.3, 0.4) is 0 Å². The number of nitrogens with zero attached hydrogens (tertiary/aromatic N) is 6. The van der Waals surface area contributed by atoms with Crippen LogP contribution < -0.4 is 0 Å². The SMILES string of the molecule is Cc1nn(-c2ccccc2)c(C)c1CCc1nn2c(C)nnc2s1. The maximum absolute atomic E-state index is 4.71. The lowest BCUT2D eigenvalue weighted by Gasteiger charge is -2.04. The van der Waals surface area contributed by atoms with Crippen LogP contribution in [0.4, 0.5) is 0 Å². The van der Waals surface area contributed by atoms with Crippen molar-refractivity contribution in [3.63, 3.8) is 0 Å². The molecular formula is C17H18N6S. The second kappa shape index (κ2) is 5.83. The van der Waals surface area contributed by atoms with Crippen LogP contribution in [0.1, 0.15) is 27.8 Å². The van der Waals surface area contributed by atoms with Gasteiger partial charge in [-0.1, -0.05) is 29.5 Å². The number of hydrogen-bond donors (Lipinski definition) is 0. The molecular weight excluding hydrogens is 320 g/mol. The third-order valence-electron chi connectivity index (χ3n) is 4.22. The summed E-state index contributed by atoms with van der Waals surface area (Å²) in [4.78, 5) is 0.857. The number of rotatable bonds is 4. The van der Waals surface area contributed by atoms with Crippen molar-refractivity contribution in [2.75, 3.05) is 0 Å². The van der Waals surface area contributed by atoms with Gasteiger partial charge in [-0.15, -0.1) is 10.2 Å². The Hall–Kier alpha value is -2.54. The van der Waals surface area contributed by atoms with E-state index >= 15 is 0 Å². The van der Waals surface area contributed by atoms with Crippen LogP contribution in [0.5, 0.6) is 0 Å². The van der Waals surface area contributed by atoms with Gasteiger partial charge in [-0.2, -0.15) is 14.7 Å². The smallest absolute Gasteiger partial charge is 0.234 e. The summed E-state index contributed by atoms with van der Waals surface area (Å²) in [5.74, 6) is 0.830. The summed E-state index contributed by atoms with van der Waals surface area (Å²) in [6.07, 6.45) is 1.81. The van der Waals surface area contributed by atoms with Gasteiger partial charge in [0.1, 0.15) is 5.01 Å². The first-order valence-electron chi connectivity index (χ1n) is 7.91. The molecule has 4 rings (SSSR count). The van der Waals surface area contributed by atoms with E-state index in [2.05, 4.69) is 41.3 Å². The standard InChI is InChI=1S/C17H18N6S/c1-11-15(12(2)22(20-11)14-7-5-4-6-8-14)9-10-16-21-23-13(3)18-19-17(23)24-16/h4-8H,9-10H2,1-3H3. The van der Waals surface area contributed by atoms with E-state index in [9.17, 15) is 0 Å². The van der Waals surface area contributed by atoms with Gasteiger partial charge >= 0.3 is 0 Å². The van der Waals surface area contributed by atoms with Gasteiger partial charge in [0.25, 0.3) is 0 Å². The molecule has 24 heavy (non-hydrogen) atoms. The summed E-state index contributed by atoms with van der Waals surface area (Å²) in [5.41, 5.74) is 4.66. The molecule has 3 aromatic heterocycles. The van der Waals surface area contributed by atoms with Crippen molar-refractivity contribution in [2.45, 2.75) is 33.6 Å². The van der Waals surface area contributed by atoms with E-state index in [1.165, 1.54) is 11.3 Å². The lowest BCUT2D eigenvalue weighted by atomic mass is 10.1. The molecule has 0 atom stereocenters. The number of para-hydroxylation sites is 1. The Balaban J connectivity index is 1.59. The molecule has 7 heteroatoms. The third kappa shape index (κ3) is 2.50. The van der Waals surface area contributed by atoms with E-state index < -0.39 is 0 Å². The summed E-state index contributed by atoms with van der Waals surface area (Å²) < 4.78 is 3.83. The number of hydrogen-bond acceptors (Lipinski definition) is 5. The fraction of sp³-hybridized carbons (Fsp3) is 0.294. The lowest BCUT2D eigenvalue weighted by molar-refractivity contribution is 0.823. The highest BCUT2D eigenvalue weighted by atomic mass is 32.1. The van der Waals surface area contributed by atoms with Crippen molar-refractivity contribution < 1.29 is 0 Å². The molecule has 0 bridgehead atoms. The van der Waals surface area contributed by atoms with Gasteiger partial charge in [0, 0.05) is 12.1 Å². The quantitative estimate of drug-likeness (QED) is 0.574. The zero-order valence-corrected chi connectivity index (χ0v) is 14.7. The van der Waals surface area contributed by atoms with Crippen LogP contribution in [0.25, 0.3) is 10.6 Å². The molecule has 0 N–H and O–H groups in total. The maximum atomic E-state index is 4.71. The van der Waals surface area contributed by atoms with Crippen molar-refractivity contribution in [2.24, 2.45) is 0 Å². The molecule has 122 valence electrons. The zero-order chi connectivity index (χ0) is 16.7. The Bertz CT molecular complexity index is 995. The number of aryl methyl sites for hydroxylation is 3. The molecule has 6 nitrogen and oxygen atoms in total. The van der Waals surface area contributed by atoms with Crippen molar-refractivity contribution in [3.05, 3.63) is 58.1 Å². The van der Waals surface area contributed by atoms with Crippen LogP contribution in [0.2, 0.25) is 0 Å². The Kier molecular flexibility index (Phi) is 3.65. The predicted octanol–water partition coefficient (Wildman–Crippen LogP) is 3.08. The van der Waals surface area contributed by atoms with Crippen LogP contribution in [0, 0.1) is 20.8 Å². The molecule has 0 aliphatic rings. The van der Waals surface area contributed by atoms with Crippen LogP contribution >= 0.6 is 11.3 Å². The second-order valence-corrected chi connectivity index (χ2v) is 6.87. The highest BCUT2D eigenvalue weighted by molar-refractivity contribution is 7.16. The van der Waals surface area contributed by atoms with Crippen molar-refractivity contribution >= 4 is 16.3 Å². The maximum Gasteiger partial charge on any atom is 0.234 e. The van der Waals surface area contributed by atoms with Gasteiger partial charge in [0.15, 0.2) is 5.82 Å². The molecule has 0 aliphatic heterocycles. The highest BCUT2D eigenvalue weighted by Gasteiger charge is 2.14. The van der Waals surface area contributed by atoms with Gasteiger partial charge in [-0.05, 0) is 44.9 Å². The first-order valence-corrected chi connectivity index (χ1v) is 8.73. The zero-order valence-electron chi connectivity index (χ0n) is 13.9. The van der Waals surface area contributed by atoms with Crippen molar-refractivity contribution in [1.82, 2.24) is 29.6 Å². The largest absolute Gasteiger partial charge is 0.238 e. The first-order chi connectivity index (χ1) is 11.6. The van der Waals surface area contributed by atoms with E-state index in [0.717, 1.165) is 40.0 Å². The van der Waals surface area contributed by atoms with E-state index in [1.807, 2.05) is 34.3 Å². The van der Waals surface area contributed by atoms with E-state index in [1.54, 1.807) is 11.3 Å². The Morgan fingerprint density at radius 1 is 0.958 bits per heavy atom. The summed E-state index contributed by atoms with van der Waals surface area (Å²) in [5, 5.41) is 18.5. The molecule has 1 aromatic carbocycles. The molecule has 0 aliphatic carbocycles. The molecule has 0 radical (unpaired) electrons. The fourth-order valence-electron chi connectivity index (χ4n) is 2.94. The molecule has 0 fully saturated rings. The summed E-state index contributed by atoms with van der Waals surface area (Å²) in [7, 11) is 0. The summed E-state index contributed by atoms with van der Waals surface area (Å²) in [6, 6.07) is 10.2. The van der Waals surface area contributed by atoms with E-state index in [4.69, 9.17) is 5.10 Å².